The van der Waals surface area contributed by atoms with Crippen molar-refractivity contribution >= 4 is 11.9 Å². The quantitative estimate of drug-likeness (QED) is 0.329. The van der Waals surface area contributed by atoms with Gasteiger partial charge in [0.2, 0.25) is 0 Å². The Bertz CT molecular complexity index is 757. The van der Waals surface area contributed by atoms with E-state index in [0.717, 1.165) is 38.5 Å². The van der Waals surface area contributed by atoms with Gasteiger partial charge in [-0.3, -0.25) is 9.59 Å². The third-order valence-corrected chi connectivity index (χ3v) is 12.9. The van der Waals surface area contributed by atoms with Crippen LogP contribution in [0, 0.1) is 46.3 Å². The second-order valence-electron chi connectivity index (χ2n) is 14.1. The zero-order valence-corrected chi connectivity index (χ0v) is 23.6. The fourth-order valence-electron chi connectivity index (χ4n) is 11.6. The molecule has 0 aromatic carbocycles. The van der Waals surface area contributed by atoms with Gasteiger partial charge >= 0.3 is 11.9 Å². The van der Waals surface area contributed by atoms with Crippen molar-refractivity contribution in [1.29, 1.82) is 0 Å². The van der Waals surface area contributed by atoms with Crippen LogP contribution in [0.1, 0.15) is 128 Å². The highest BCUT2D eigenvalue weighted by atomic mass is 16.4. The van der Waals surface area contributed by atoms with E-state index in [-0.39, 0.29) is 34.7 Å². The number of hydrogen-bond donors (Lipinski definition) is 4. The molecule has 0 aliphatic heterocycles. The zero-order chi connectivity index (χ0) is 26.9. The Balaban J connectivity index is 0.000000155. The molecular formula is C32H54N2O4. The maximum atomic E-state index is 11.8. The molecule has 0 aromatic heterocycles. The van der Waals surface area contributed by atoms with Crippen molar-refractivity contribution in [1.82, 2.24) is 0 Å². The first-order valence-corrected chi connectivity index (χ1v) is 16.3. The molecule has 4 unspecified atom stereocenters. The van der Waals surface area contributed by atoms with Crippen LogP contribution in [0.15, 0.2) is 0 Å². The summed E-state index contributed by atoms with van der Waals surface area (Å²) >= 11 is 0. The number of carboxylic acids is 2. The Morgan fingerprint density at radius 1 is 0.447 bits per heavy atom. The van der Waals surface area contributed by atoms with Crippen molar-refractivity contribution in [3.05, 3.63) is 0 Å². The molecule has 6 nitrogen and oxygen atoms in total. The van der Waals surface area contributed by atoms with Crippen molar-refractivity contribution < 1.29 is 19.8 Å². The first kappa shape index (κ1) is 28.4. The van der Waals surface area contributed by atoms with E-state index in [0.29, 0.717) is 23.7 Å². The Labute approximate surface area is 230 Å². The Morgan fingerprint density at radius 3 is 1.03 bits per heavy atom. The molecule has 0 radical (unpaired) electrons. The van der Waals surface area contributed by atoms with Crippen LogP contribution >= 0.6 is 0 Å². The third-order valence-electron chi connectivity index (χ3n) is 12.9. The molecule has 2 spiro atoms. The van der Waals surface area contributed by atoms with E-state index in [1.807, 2.05) is 0 Å². The smallest absolute Gasteiger partial charge is 0.307 e. The van der Waals surface area contributed by atoms with Gasteiger partial charge in [0, 0.05) is 22.9 Å². The highest BCUT2D eigenvalue weighted by Crippen LogP contribution is 2.64. The van der Waals surface area contributed by atoms with Crippen molar-refractivity contribution in [2.24, 2.45) is 57.8 Å². The van der Waals surface area contributed by atoms with Crippen LogP contribution in [0.3, 0.4) is 0 Å². The number of carboxylic acid groups (broad SMARTS) is 2. The summed E-state index contributed by atoms with van der Waals surface area (Å²) in [5, 5.41) is 19.4. The minimum absolute atomic E-state index is 0.0594. The maximum Gasteiger partial charge on any atom is 0.307 e. The number of hydrogen-bond acceptors (Lipinski definition) is 4. The van der Waals surface area contributed by atoms with E-state index in [4.69, 9.17) is 11.5 Å². The van der Waals surface area contributed by atoms with Gasteiger partial charge in [-0.05, 0) is 101 Å². The average Bonchev–Trinajstić information content (AvgIpc) is 3.62. The lowest BCUT2D eigenvalue weighted by molar-refractivity contribution is -0.149. The molecule has 38 heavy (non-hydrogen) atoms. The molecule has 10 atom stereocenters. The number of rotatable bonds is 2. The molecule has 6 N–H and O–H groups in total. The summed E-state index contributed by atoms with van der Waals surface area (Å²) in [6, 6.07) is 0.258. The van der Waals surface area contributed by atoms with Gasteiger partial charge in [0.15, 0.2) is 0 Å². The molecule has 0 amide bonds. The summed E-state index contributed by atoms with van der Waals surface area (Å²) in [6.45, 7) is 0. The van der Waals surface area contributed by atoms with Crippen LogP contribution in [0.5, 0.6) is 0 Å². The van der Waals surface area contributed by atoms with Gasteiger partial charge in [0.25, 0.3) is 0 Å². The van der Waals surface area contributed by atoms with Gasteiger partial charge in [0.05, 0.1) is 11.8 Å². The monoisotopic (exact) mass is 530 g/mol. The van der Waals surface area contributed by atoms with E-state index >= 15 is 0 Å². The van der Waals surface area contributed by atoms with Crippen molar-refractivity contribution in [2.75, 3.05) is 0 Å². The van der Waals surface area contributed by atoms with Crippen molar-refractivity contribution in [3.63, 3.8) is 0 Å². The topological polar surface area (TPSA) is 127 Å². The van der Waals surface area contributed by atoms with E-state index in [9.17, 15) is 19.8 Å². The molecule has 0 aromatic rings. The van der Waals surface area contributed by atoms with Crippen molar-refractivity contribution in [2.45, 2.75) is 141 Å². The summed E-state index contributed by atoms with van der Waals surface area (Å²) in [5.74, 6) is 0.816. The summed E-state index contributed by atoms with van der Waals surface area (Å²) in [5.41, 5.74) is 12.9. The lowest BCUT2D eigenvalue weighted by Crippen LogP contribution is -2.50. The molecule has 216 valence electrons. The average molecular weight is 531 g/mol. The molecule has 0 heterocycles. The fourth-order valence-corrected chi connectivity index (χ4v) is 11.6. The molecular weight excluding hydrogens is 476 g/mol. The van der Waals surface area contributed by atoms with Gasteiger partial charge in [-0.2, -0.15) is 0 Å². The number of carbonyl (C=O) groups is 2. The summed E-state index contributed by atoms with van der Waals surface area (Å²) in [4.78, 5) is 23.5. The molecule has 6 heteroatoms. The molecule has 0 bridgehead atoms. The summed E-state index contributed by atoms with van der Waals surface area (Å²) in [6.07, 6.45) is 23.6. The minimum atomic E-state index is -0.580. The molecule has 6 rings (SSSR count). The highest BCUT2D eigenvalue weighted by molar-refractivity contribution is 5.72. The summed E-state index contributed by atoms with van der Waals surface area (Å²) in [7, 11) is 0. The Hall–Kier alpha value is -1.14. The summed E-state index contributed by atoms with van der Waals surface area (Å²) < 4.78 is 0. The molecule has 6 aliphatic rings. The molecule has 0 saturated heterocycles. The normalized spacial score (nSPS) is 46.8. The van der Waals surface area contributed by atoms with Crippen LogP contribution < -0.4 is 11.5 Å². The predicted octanol–water partition coefficient (Wildman–Crippen LogP) is 6.35. The number of aliphatic carboxylic acids is 2. The Morgan fingerprint density at radius 2 is 0.737 bits per heavy atom. The largest absolute Gasteiger partial charge is 0.481 e. The highest BCUT2D eigenvalue weighted by Gasteiger charge is 2.63. The van der Waals surface area contributed by atoms with Gasteiger partial charge in [-0.1, -0.05) is 51.4 Å². The second-order valence-corrected chi connectivity index (χ2v) is 14.1. The first-order valence-electron chi connectivity index (χ1n) is 16.3. The van der Waals surface area contributed by atoms with E-state index in [1.54, 1.807) is 0 Å². The lowest BCUT2D eigenvalue weighted by atomic mass is 9.61. The van der Waals surface area contributed by atoms with Crippen LogP contribution in [0.2, 0.25) is 0 Å². The predicted molar refractivity (Wildman–Crippen MR) is 149 cm³/mol. The number of nitrogens with two attached hydrogens (primary N) is 2. The second kappa shape index (κ2) is 11.8. The standard InChI is InChI=1S/2C16H27NO2/c2*17-14-10-8-12-6-4-2-1-3-5-11-7-9-13(15(18)19)16(11,12)14/h2*11-14H,1-10,17H2,(H,18,19)/t2*11-,12+,13?,14?,16-/m11/s1. The lowest BCUT2D eigenvalue weighted by Gasteiger charge is -2.44. The van der Waals surface area contributed by atoms with E-state index < -0.39 is 11.9 Å². The van der Waals surface area contributed by atoms with Crippen molar-refractivity contribution in [3.8, 4) is 0 Å². The SMILES string of the molecule is NC1CC[C@@H]2CCCCCC[C@@H]3CCC(C(=O)O)[C@@]132.NC1CC[C@@H]2CCCCCC[C@@H]3CCC(C(=O)O)[C@@]132. The molecule has 6 saturated carbocycles. The third kappa shape index (κ3) is 4.63. The van der Waals surface area contributed by atoms with Crippen LogP contribution in [0.4, 0.5) is 0 Å². The first-order chi connectivity index (χ1) is 18.3. The van der Waals surface area contributed by atoms with Gasteiger partial charge in [-0.15, -0.1) is 0 Å². The Kier molecular flexibility index (Phi) is 8.79. The van der Waals surface area contributed by atoms with Crippen LogP contribution in [-0.2, 0) is 9.59 Å². The van der Waals surface area contributed by atoms with Gasteiger partial charge in [0.1, 0.15) is 0 Å². The van der Waals surface area contributed by atoms with E-state index in [1.165, 1.54) is 89.9 Å². The molecule has 6 fully saturated rings. The maximum absolute atomic E-state index is 11.8. The van der Waals surface area contributed by atoms with Crippen LogP contribution in [-0.4, -0.2) is 34.2 Å². The zero-order valence-electron chi connectivity index (χ0n) is 23.6. The molecule has 6 aliphatic carbocycles. The fraction of sp³-hybridized carbons (Fsp3) is 0.938. The van der Waals surface area contributed by atoms with Crippen LogP contribution in [0.25, 0.3) is 0 Å². The minimum Gasteiger partial charge on any atom is -0.481 e. The van der Waals surface area contributed by atoms with Gasteiger partial charge < -0.3 is 21.7 Å². The van der Waals surface area contributed by atoms with Gasteiger partial charge in [-0.25, -0.2) is 0 Å². The van der Waals surface area contributed by atoms with E-state index in [2.05, 4.69) is 0 Å².